The summed E-state index contributed by atoms with van der Waals surface area (Å²) in [5.41, 5.74) is 0.778. The molecule has 2 amide bonds. The highest BCUT2D eigenvalue weighted by Gasteiger charge is 2.53. The van der Waals surface area contributed by atoms with Gasteiger partial charge in [0.15, 0.2) is 5.69 Å². The number of carbonyl (C=O) groups excluding carboxylic acids is 2. The molecule has 2 saturated heterocycles. The second-order valence-corrected chi connectivity index (χ2v) is 17.5. The molecule has 2 aliphatic heterocycles. The van der Waals surface area contributed by atoms with Crippen molar-refractivity contribution in [2.45, 2.75) is 51.0 Å². The standard InChI is InChI=1S/C35H39N5O7Si/c1-35(2,3)48(29-10-6-4-7-11-29,30-12-8-5-9-13-30)47-28-21-39(22-28)33-37-31(24-45-33)32(41)36-26-18-19-38(20-26)34(42)46-23-25-14-16-27(17-15-25)40(43)44/h4-17,24,26,28H,18-23H2,1-3H3,(H,36,41)/t26-/m0/s1. The first-order valence-electron chi connectivity index (χ1n) is 16.0. The molecule has 3 heterocycles. The number of nitro groups is 1. The zero-order chi connectivity index (χ0) is 33.9. The van der Waals surface area contributed by atoms with Crippen LogP contribution in [0.3, 0.4) is 0 Å². The Labute approximate surface area is 279 Å². The van der Waals surface area contributed by atoms with Crippen molar-refractivity contribution in [3.63, 3.8) is 0 Å². The molecule has 13 heteroatoms. The molecule has 6 rings (SSSR count). The fraction of sp³-hybridized carbons (Fsp3) is 0.343. The number of nitrogens with one attached hydrogen (secondary N) is 1. The molecule has 3 aromatic carbocycles. The van der Waals surface area contributed by atoms with E-state index in [-0.39, 0.29) is 41.1 Å². The SMILES string of the molecule is CC(C)(C)[Si](OC1CN(c2nc(C(=O)N[C@H]3CCN(C(=O)OCc4ccc([N+](=O)[O-])cc4)C3)co2)C1)(c1ccccc1)c1ccccc1. The predicted molar refractivity (Wildman–Crippen MR) is 182 cm³/mol. The zero-order valence-corrected chi connectivity index (χ0v) is 28.2. The predicted octanol–water partition coefficient (Wildman–Crippen LogP) is 4.49. The Morgan fingerprint density at radius 3 is 2.19 bits per heavy atom. The second kappa shape index (κ2) is 13.6. The fourth-order valence-corrected chi connectivity index (χ4v) is 11.0. The summed E-state index contributed by atoms with van der Waals surface area (Å²) in [6.07, 6.45) is 1.37. The molecule has 2 aliphatic rings. The summed E-state index contributed by atoms with van der Waals surface area (Å²) in [4.78, 5) is 43.9. The Kier molecular flexibility index (Phi) is 9.33. The largest absolute Gasteiger partial charge is 0.445 e. The van der Waals surface area contributed by atoms with Crippen molar-refractivity contribution < 1.29 is 28.1 Å². The minimum absolute atomic E-state index is 0.00758. The van der Waals surface area contributed by atoms with E-state index < -0.39 is 19.3 Å². The van der Waals surface area contributed by atoms with Crippen molar-refractivity contribution in [3.8, 4) is 0 Å². The van der Waals surface area contributed by atoms with Crippen molar-refractivity contribution in [1.82, 2.24) is 15.2 Å². The van der Waals surface area contributed by atoms with Gasteiger partial charge in [0, 0.05) is 44.4 Å². The lowest BCUT2D eigenvalue weighted by Gasteiger charge is -2.49. The van der Waals surface area contributed by atoms with Crippen LogP contribution in [0, 0.1) is 10.1 Å². The van der Waals surface area contributed by atoms with Crippen molar-refractivity contribution >= 4 is 42.4 Å². The maximum atomic E-state index is 13.0. The van der Waals surface area contributed by atoms with Crippen LogP contribution in [0.4, 0.5) is 16.5 Å². The molecule has 48 heavy (non-hydrogen) atoms. The Morgan fingerprint density at radius 1 is 0.979 bits per heavy atom. The van der Waals surface area contributed by atoms with Gasteiger partial charge < -0.3 is 28.7 Å². The molecule has 1 atom stereocenters. The van der Waals surface area contributed by atoms with Gasteiger partial charge in [0.1, 0.15) is 12.9 Å². The lowest BCUT2D eigenvalue weighted by Crippen LogP contribution is -2.70. The number of benzene rings is 3. The molecule has 0 aliphatic carbocycles. The number of ether oxygens (including phenoxy) is 1. The van der Waals surface area contributed by atoms with Crippen molar-refractivity contribution in [1.29, 1.82) is 0 Å². The molecule has 0 saturated carbocycles. The average Bonchev–Trinajstić information content (AvgIpc) is 3.74. The average molecular weight is 670 g/mol. The minimum atomic E-state index is -2.69. The van der Waals surface area contributed by atoms with Crippen LogP contribution in [0.5, 0.6) is 0 Å². The van der Waals surface area contributed by atoms with Gasteiger partial charge >= 0.3 is 6.09 Å². The number of nitrogens with zero attached hydrogens (tertiary/aromatic N) is 4. The molecule has 2 fully saturated rings. The number of rotatable bonds is 10. The van der Waals surface area contributed by atoms with E-state index in [1.54, 1.807) is 12.1 Å². The molecular formula is C35H39N5O7Si. The molecule has 250 valence electrons. The van der Waals surface area contributed by atoms with Gasteiger partial charge in [0.2, 0.25) is 0 Å². The first-order chi connectivity index (χ1) is 23.0. The number of likely N-dealkylation sites (tertiary alicyclic amines) is 1. The monoisotopic (exact) mass is 669 g/mol. The fourth-order valence-electron chi connectivity index (χ4n) is 6.38. The lowest BCUT2D eigenvalue weighted by atomic mass is 10.2. The molecule has 1 N–H and O–H groups in total. The molecule has 12 nitrogen and oxygen atoms in total. The van der Waals surface area contributed by atoms with Crippen molar-refractivity contribution in [2.24, 2.45) is 0 Å². The number of nitro benzene ring substituents is 1. The van der Waals surface area contributed by atoms with Crippen LogP contribution in [0.25, 0.3) is 0 Å². The summed E-state index contributed by atoms with van der Waals surface area (Å²) >= 11 is 0. The van der Waals surface area contributed by atoms with Crippen LogP contribution < -0.4 is 20.6 Å². The van der Waals surface area contributed by atoms with E-state index in [1.807, 2.05) is 17.0 Å². The third kappa shape index (κ3) is 6.83. The lowest BCUT2D eigenvalue weighted by molar-refractivity contribution is -0.384. The highest BCUT2D eigenvalue weighted by molar-refractivity contribution is 6.99. The highest BCUT2D eigenvalue weighted by atomic mass is 28.4. The smallest absolute Gasteiger partial charge is 0.410 e. The normalized spacial score (nSPS) is 16.8. The quantitative estimate of drug-likeness (QED) is 0.147. The summed E-state index contributed by atoms with van der Waals surface area (Å²) < 4.78 is 18.3. The van der Waals surface area contributed by atoms with Crippen LogP contribution >= 0.6 is 0 Å². The molecule has 1 aromatic heterocycles. The van der Waals surface area contributed by atoms with Gasteiger partial charge in [0.05, 0.1) is 11.0 Å². The number of anilines is 1. The topological polar surface area (TPSA) is 140 Å². The van der Waals surface area contributed by atoms with Gasteiger partial charge in [-0.2, -0.15) is 4.98 Å². The van der Waals surface area contributed by atoms with Gasteiger partial charge in [0.25, 0.3) is 25.9 Å². The van der Waals surface area contributed by atoms with Crippen molar-refractivity contribution in [2.75, 3.05) is 31.1 Å². The number of carbonyl (C=O) groups is 2. The van der Waals surface area contributed by atoms with Crippen molar-refractivity contribution in [3.05, 3.63) is 113 Å². The van der Waals surface area contributed by atoms with Crippen LogP contribution in [0.2, 0.25) is 5.04 Å². The van der Waals surface area contributed by atoms with E-state index in [4.69, 9.17) is 13.6 Å². The summed E-state index contributed by atoms with van der Waals surface area (Å²) in [5, 5.41) is 16.1. The number of amides is 2. The highest BCUT2D eigenvalue weighted by Crippen LogP contribution is 2.39. The Morgan fingerprint density at radius 2 is 1.60 bits per heavy atom. The molecule has 0 bridgehead atoms. The van der Waals surface area contributed by atoms with E-state index in [0.717, 1.165) is 0 Å². The number of oxazole rings is 1. The van der Waals surface area contributed by atoms with Crippen LogP contribution in [-0.2, 0) is 15.8 Å². The first kappa shape index (κ1) is 32.9. The number of aromatic nitrogens is 1. The molecule has 0 unspecified atom stereocenters. The number of hydrogen-bond donors (Lipinski definition) is 1. The van der Waals surface area contributed by atoms with E-state index in [2.05, 4.69) is 79.6 Å². The van der Waals surface area contributed by atoms with E-state index in [1.165, 1.54) is 33.7 Å². The molecule has 4 aromatic rings. The van der Waals surface area contributed by atoms with Crippen LogP contribution in [0.15, 0.2) is 95.6 Å². The third-order valence-electron chi connectivity index (χ3n) is 8.89. The Balaban J connectivity index is 1.02. The summed E-state index contributed by atoms with van der Waals surface area (Å²) in [7, 11) is -2.69. The zero-order valence-electron chi connectivity index (χ0n) is 27.2. The first-order valence-corrected chi connectivity index (χ1v) is 17.9. The maximum Gasteiger partial charge on any atom is 0.410 e. The van der Waals surface area contributed by atoms with E-state index in [0.29, 0.717) is 44.2 Å². The maximum absolute atomic E-state index is 13.0. The number of non-ortho nitro benzene ring substituents is 1. The van der Waals surface area contributed by atoms with E-state index >= 15 is 0 Å². The molecular weight excluding hydrogens is 630 g/mol. The molecule has 0 radical (unpaired) electrons. The van der Waals surface area contributed by atoms with Gasteiger partial charge in [-0.05, 0) is 39.5 Å². The van der Waals surface area contributed by atoms with Gasteiger partial charge in [-0.3, -0.25) is 14.9 Å². The second-order valence-electron chi connectivity index (χ2n) is 13.2. The summed E-state index contributed by atoms with van der Waals surface area (Å²) in [6.45, 7) is 8.65. The Hall–Kier alpha value is -5.01. The van der Waals surface area contributed by atoms with Crippen LogP contribution in [0.1, 0.15) is 43.2 Å². The van der Waals surface area contributed by atoms with Gasteiger partial charge in [-0.15, -0.1) is 0 Å². The van der Waals surface area contributed by atoms with Gasteiger partial charge in [-0.1, -0.05) is 81.4 Å². The van der Waals surface area contributed by atoms with Gasteiger partial charge in [-0.25, -0.2) is 4.79 Å². The number of hydrogen-bond acceptors (Lipinski definition) is 9. The van der Waals surface area contributed by atoms with Crippen LogP contribution in [-0.4, -0.2) is 73.4 Å². The Bertz CT molecular complexity index is 1700. The molecule has 0 spiro atoms. The summed E-state index contributed by atoms with van der Waals surface area (Å²) in [6, 6.07) is 27.0. The summed E-state index contributed by atoms with van der Waals surface area (Å²) in [5.74, 6) is -0.378. The third-order valence-corrected chi connectivity index (χ3v) is 14.0. The van der Waals surface area contributed by atoms with E-state index in [9.17, 15) is 19.7 Å². The minimum Gasteiger partial charge on any atom is -0.445 e.